The van der Waals surface area contributed by atoms with Crippen molar-refractivity contribution in [3.8, 4) is 5.75 Å². The van der Waals surface area contributed by atoms with Gasteiger partial charge in [-0.15, -0.1) is 0 Å². The van der Waals surface area contributed by atoms with Gasteiger partial charge in [0.15, 0.2) is 0 Å². The van der Waals surface area contributed by atoms with Crippen LogP contribution in [0.15, 0.2) is 36.4 Å². The van der Waals surface area contributed by atoms with Crippen LogP contribution in [0.4, 0.5) is 5.69 Å². The van der Waals surface area contributed by atoms with Crippen molar-refractivity contribution in [2.45, 2.75) is 20.3 Å². The molecule has 0 amide bonds. The summed E-state index contributed by atoms with van der Waals surface area (Å²) in [6.07, 6.45) is 0.840. The number of aryl methyl sites for hydroxylation is 2. The van der Waals surface area contributed by atoms with Crippen LogP contribution in [0.2, 0.25) is 0 Å². The average Bonchev–Trinajstić information content (AvgIpc) is 2.26. The molecule has 0 saturated carbocycles. The van der Waals surface area contributed by atoms with Crippen LogP contribution in [0, 0.1) is 13.8 Å². The normalized spacial score (nSPS) is 10.5. The highest BCUT2D eigenvalue weighted by Crippen LogP contribution is 2.24. The van der Waals surface area contributed by atoms with E-state index in [0.717, 1.165) is 23.2 Å². The minimum absolute atomic E-state index is 0.390. The molecule has 2 rings (SSSR count). The average molecular weight is 227 g/mol. The van der Waals surface area contributed by atoms with Crippen molar-refractivity contribution >= 4 is 5.69 Å². The molecule has 0 heterocycles. The SMILES string of the molecule is Cc1cc(Cc2cccc(N)c2)cc(C)c1O. The van der Waals surface area contributed by atoms with E-state index in [1.54, 1.807) is 0 Å². The molecule has 0 spiro atoms. The van der Waals surface area contributed by atoms with Crippen molar-refractivity contribution < 1.29 is 5.11 Å². The monoisotopic (exact) mass is 227 g/mol. The van der Waals surface area contributed by atoms with E-state index in [0.29, 0.717) is 5.75 Å². The van der Waals surface area contributed by atoms with E-state index < -0.39 is 0 Å². The molecule has 17 heavy (non-hydrogen) atoms. The molecule has 0 saturated heterocycles. The molecule has 0 fully saturated rings. The fourth-order valence-corrected chi connectivity index (χ4v) is 2.09. The van der Waals surface area contributed by atoms with E-state index in [4.69, 9.17) is 5.73 Å². The fraction of sp³-hybridized carbons (Fsp3) is 0.200. The summed E-state index contributed by atoms with van der Waals surface area (Å²) in [7, 11) is 0. The van der Waals surface area contributed by atoms with Crippen molar-refractivity contribution in [1.82, 2.24) is 0 Å². The number of rotatable bonds is 2. The maximum Gasteiger partial charge on any atom is 0.121 e. The van der Waals surface area contributed by atoms with Gasteiger partial charge in [-0.3, -0.25) is 0 Å². The third-order valence-corrected chi connectivity index (χ3v) is 2.91. The minimum Gasteiger partial charge on any atom is -0.507 e. The molecule has 0 radical (unpaired) electrons. The molecule has 2 aromatic rings. The summed E-state index contributed by atoms with van der Waals surface area (Å²) in [4.78, 5) is 0. The van der Waals surface area contributed by atoms with E-state index in [1.165, 1.54) is 11.1 Å². The molecule has 0 unspecified atom stereocenters. The molecule has 0 aliphatic heterocycles. The number of nitrogens with two attached hydrogens (primary N) is 1. The lowest BCUT2D eigenvalue weighted by Crippen LogP contribution is -1.93. The highest BCUT2D eigenvalue weighted by atomic mass is 16.3. The zero-order valence-corrected chi connectivity index (χ0v) is 10.2. The molecule has 2 heteroatoms. The molecular formula is C15H17NO. The Morgan fingerprint density at radius 1 is 1.00 bits per heavy atom. The third-order valence-electron chi connectivity index (χ3n) is 2.91. The first-order valence-corrected chi connectivity index (χ1v) is 5.70. The van der Waals surface area contributed by atoms with Gasteiger partial charge in [0.05, 0.1) is 0 Å². The smallest absolute Gasteiger partial charge is 0.121 e. The Bertz CT molecular complexity index is 523. The van der Waals surface area contributed by atoms with Crippen LogP contribution >= 0.6 is 0 Å². The lowest BCUT2D eigenvalue weighted by Gasteiger charge is -2.08. The number of benzene rings is 2. The van der Waals surface area contributed by atoms with Crippen LogP contribution in [0.3, 0.4) is 0 Å². The number of nitrogen functional groups attached to an aromatic ring is 1. The largest absolute Gasteiger partial charge is 0.507 e. The molecule has 3 N–H and O–H groups in total. The highest BCUT2D eigenvalue weighted by Gasteiger charge is 2.04. The molecule has 2 aromatic carbocycles. The summed E-state index contributed by atoms with van der Waals surface area (Å²) in [6, 6.07) is 11.9. The molecule has 88 valence electrons. The van der Waals surface area contributed by atoms with Crippen LogP contribution in [-0.2, 0) is 6.42 Å². The van der Waals surface area contributed by atoms with Crippen LogP contribution in [-0.4, -0.2) is 5.11 Å². The van der Waals surface area contributed by atoms with E-state index >= 15 is 0 Å². The predicted octanol–water partition coefficient (Wildman–Crippen LogP) is 3.18. The van der Waals surface area contributed by atoms with Crippen molar-refractivity contribution in [1.29, 1.82) is 0 Å². The Morgan fingerprint density at radius 2 is 1.65 bits per heavy atom. The zero-order valence-electron chi connectivity index (χ0n) is 10.2. The number of phenolic OH excluding ortho intramolecular Hbond substituents is 1. The van der Waals surface area contributed by atoms with E-state index in [2.05, 4.69) is 6.07 Å². The number of hydrogen-bond acceptors (Lipinski definition) is 2. The molecule has 0 aliphatic carbocycles. The molecule has 0 atom stereocenters. The molecule has 0 aliphatic rings. The molecule has 0 aromatic heterocycles. The topological polar surface area (TPSA) is 46.2 Å². The molecular weight excluding hydrogens is 210 g/mol. The van der Waals surface area contributed by atoms with Crippen molar-refractivity contribution in [2.75, 3.05) is 5.73 Å². The summed E-state index contributed by atoms with van der Waals surface area (Å²) >= 11 is 0. The second-order valence-electron chi connectivity index (χ2n) is 4.50. The Balaban J connectivity index is 2.31. The number of hydrogen-bond donors (Lipinski definition) is 2. The Morgan fingerprint density at radius 3 is 2.24 bits per heavy atom. The van der Waals surface area contributed by atoms with Gasteiger partial charge in [0.25, 0.3) is 0 Å². The Hall–Kier alpha value is -1.96. The van der Waals surface area contributed by atoms with Gasteiger partial charge in [-0.2, -0.15) is 0 Å². The van der Waals surface area contributed by atoms with Gasteiger partial charge in [0.2, 0.25) is 0 Å². The first-order valence-electron chi connectivity index (χ1n) is 5.70. The van der Waals surface area contributed by atoms with Crippen LogP contribution < -0.4 is 5.73 Å². The van der Waals surface area contributed by atoms with Crippen molar-refractivity contribution in [2.24, 2.45) is 0 Å². The van der Waals surface area contributed by atoms with Gasteiger partial charge in [0.1, 0.15) is 5.75 Å². The molecule has 0 bridgehead atoms. The molecule has 2 nitrogen and oxygen atoms in total. The van der Waals surface area contributed by atoms with Gasteiger partial charge in [0, 0.05) is 5.69 Å². The summed E-state index contributed by atoms with van der Waals surface area (Å²) in [5.74, 6) is 0.390. The van der Waals surface area contributed by atoms with Gasteiger partial charge >= 0.3 is 0 Å². The van der Waals surface area contributed by atoms with Crippen LogP contribution in [0.5, 0.6) is 5.75 Å². The third kappa shape index (κ3) is 2.59. The van der Waals surface area contributed by atoms with Crippen LogP contribution in [0.1, 0.15) is 22.3 Å². The van der Waals surface area contributed by atoms with Crippen molar-refractivity contribution in [3.63, 3.8) is 0 Å². The first-order chi connectivity index (χ1) is 8.06. The van der Waals surface area contributed by atoms with Crippen molar-refractivity contribution in [3.05, 3.63) is 58.7 Å². The maximum atomic E-state index is 9.72. The summed E-state index contributed by atoms with van der Waals surface area (Å²) in [5, 5.41) is 9.72. The Labute approximate surface area is 102 Å². The highest BCUT2D eigenvalue weighted by molar-refractivity contribution is 5.46. The number of anilines is 1. The Kier molecular flexibility index (Phi) is 3.05. The van der Waals surface area contributed by atoms with E-state index in [9.17, 15) is 5.11 Å². The quantitative estimate of drug-likeness (QED) is 0.774. The fourth-order valence-electron chi connectivity index (χ4n) is 2.09. The second kappa shape index (κ2) is 4.50. The number of aromatic hydroxyl groups is 1. The standard InChI is InChI=1S/C15H17NO/c1-10-6-13(7-11(2)15(10)17)8-12-4-3-5-14(16)9-12/h3-7,9,17H,8,16H2,1-2H3. The lowest BCUT2D eigenvalue weighted by atomic mass is 9.99. The summed E-state index contributed by atoms with van der Waals surface area (Å²) in [5.41, 5.74) is 10.8. The van der Waals surface area contributed by atoms with Gasteiger partial charge in [-0.1, -0.05) is 24.3 Å². The van der Waals surface area contributed by atoms with Gasteiger partial charge < -0.3 is 10.8 Å². The lowest BCUT2D eigenvalue weighted by molar-refractivity contribution is 0.466. The zero-order chi connectivity index (χ0) is 12.4. The minimum atomic E-state index is 0.390. The number of phenols is 1. The maximum absolute atomic E-state index is 9.72. The van der Waals surface area contributed by atoms with E-state index in [-0.39, 0.29) is 0 Å². The predicted molar refractivity (Wildman–Crippen MR) is 71.2 cm³/mol. The summed E-state index contributed by atoms with van der Waals surface area (Å²) < 4.78 is 0. The van der Waals surface area contributed by atoms with Crippen LogP contribution in [0.25, 0.3) is 0 Å². The van der Waals surface area contributed by atoms with E-state index in [1.807, 2.05) is 44.2 Å². The van der Waals surface area contributed by atoms with Gasteiger partial charge in [-0.25, -0.2) is 0 Å². The summed E-state index contributed by atoms with van der Waals surface area (Å²) in [6.45, 7) is 3.84. The first kappa shape index (κ1) is 11.5. The second-order valence-corrected chi connectivity index (χ2v) is 4.50. The van der Waals surface area contributed by atoms with Gasteiger partial charge in [-0.05, 0) is 54.7 Å².